The summed E-state index contributed by atoms with van der Waals surface area (Å²) in [5.74, 6) is -4.48. The van der Waals surface area contributed by atoms with Crippen LogP contribution in [0.2, 0.25) is 0 Å². The Morgan fingerprint density at radius 1 is 1.14 bits per heavy atom. The molecule has 43 heavy (non-hydrogen) atoms. The third kappa shape index (κ3) is 6.42. The van der Waals surface area contributed by atoms with Crippen LogP contribution >= 0.6 is 0 Å². The van der Waals surface area contributed by atoms with Gasteiger partial charge < -0.3 is 34.8 Å². The summed E-state index contributed by atoms with van der Waals surface area (Å²) in [7, 11) is 2.75. The van der Waals surface area contributed by atoms with Crippen LogP contribution in [0.25, 0.3) is 0 Å². The van der Waals surface area contributed by atoms with Crippen LogP contribution in [0, 0.1) is 0 Å². The van der Waals surface area contributed by atoms with Crippen molar-refractivity contribution in [2.45, 2.75) is 70.1 Å². The van der Waals surface area contributed by atoms with E-state index in [9.17, 15) is 23.2 Å². The molecule has 14 heteroatoms. The lowest BCUT2D eigenvalue weighted by molar-refractivity contribution is -0.140. The zero-order chi connectivity index (χ0) is 31.1. The summed E-state index contributed by atoms with van der Waals surface area (Å²) in [4.78, 5) is 50.4. The number of nitrogens with zero attached hydrogens (tertiary/aromatic N) is 5. The Morgan fingerprint density at radius 3 is 2.49 bits per heavy atom. The highest BCUT2D eigenvalue weighted by molar-refractivity contribution is 6.02. The van der Waals surface area contributed by atoms with Crippen molar-refractivity contribution in [3.63, 3.8) is 0 Å². The van der Waals surface area contributed by atoms with E-state index in [4.69, 9.17) is 9.47 Å². The molecule has 2 N–H and O–H groups in total. The lowest BCUT2D eigenvalue weighted by atomic mass is 10.1. The smallest absolute Gasteiger partial charge is 0.410 e. The van der Waals surface area contributed by atoms with Crippen LogP contribution in [0.5, 0.6) is 5.75 Å². The van der Waals surface area contributed by atoms with E-state index < -0.39 is 30.1 Å². The topological polar surface area (TPSA) is 129 Å². The van der Waals surface area contributed by atoms with Gasteiger partial charge in [0.15, 0.2) is 5.82 Å². The monoisotopic (exact) mass is 601 g/mol. The van der Waals surface area contributed by atoms with Gasteiger partial charge in [0.05, 0.1) is 31.6 Å². The van der Waals surface area contributed by atoms with E-state index in [0.29, 0.717) is 30.1 Å². The van der Waals surface area contributed by atoms with Gasteiger partial charge in [-0.2, -0.15) is 13.8 Å². The number of halogens is 2. The van der Waals surface area contributed by atoms with Gasteiger partial charge in [-0.3, -0.25) is 9.59 Å². The average molecular weight is 602 g/mol. The molecule has 1 saturated carbocycles. The Labute approximate surface area is 248 Å². The third-order valence-electron chi connectivity index (χ3n) is 7.71. The van der Waals surface area contributed by atoms with E-state index in [1.54, 1.807) is 39.0 Å². The number of hydrogen-bond donors (Lipinski definition) is 2. The fourth-order valence-electron chi connectivity index (χ4n) is 5.47. The molecule has 1 saturated heterocycles. The Morgan fingerprint density at radius 2 is 1.84 bits per heavy atom. The molecule has 0 atom stereocenters. The molecule has 3 amide bonds. The van der Waals surface area contributed by atoms with Crippen molar-refractivity contribution in [3.05, 3.63) is 30.0 Å². The first-order valence-electron chi connectivity index (χ1n) is 14.3. The number of methoxy groups -OCH3 is 1. The van der Waals surface area contributed by atoms with Crippen molar-refractivity contribution >= 4 is 41.0 Å². The van der Waals surface area contributed by atoms with Crippen molar-refractivity contribution < 1.29 is 32.6 Å². The lowest BCUT2D eigenvalue weighted by Gasteiger charge is -2.39. The number of likely N-dealkylation sites (tertiary alicyclic amines) is 1. The summed E-state index contributed by atoms with van der Waals surface area (Å²) in [6.07, 6.45) is 4.24. The Hall–Kier alpha value is -4.23. The quantitative estimate of drug-likeness (QED) is 0.506. The number of hydrogen-bond acceptors (Lipinski definition) is 9. The fourth-order valence-corrected chi connectivity index (χ4v) is 5.47. The first-order valence-corrected chi connectivity index (χ1v) is 14.3. The van der Waals surface area contributed by atoms with Crippen LogP contribution in [0.4, 0.5) is 36.7 Å². The van der Waals surface area contributed by atoms with Gasteiger partial charge >= 0.3 is 12.0 Å². The molecule has 0 bridgehead atoms. The second-order valence-corrected chi connectivity index (χ2v) is 12.1. The van der Waals surface area contributed by atoms with Crippen molar-refractivity contribution in [2.24, 2.45) is 0 Å². The van der Waals surface area contributed by atoms with Gasteiger partial charge in [0.25, 0.3) is 11.8 Å². The SMILES string of the molecule is COc1cc(C(=O)NC2CN(C(=O)OC(C)(C)C)C2)ccc1Nc1ncc2c(n1)N(C1CCCC1)CC(F)(F)C(=O)N2C. The van der Waals surface area contributed by atoms with Crippen molar-refractivity contribution in [3.8, 4) is 5.75 Å². The molecule has 2 fully saturated rings. The number of anilines is 4. The molecule has 2 aromatic rings. The molecule has 12 nitrogen and oxygen atoms in total. The maximum atomic E-state index is 14.9. The van der Waals surface area contributed by atoms with E-state index in [0.717, 1.165) is 30.6 Å². The summed E-state index contributed by atoms with van der Waals surface area (Å²) in [5.41, 5.74) is 0.408. The molecule has 0 unspecified atom stereocenters. The van der Waals surface area contributed by atoms with Crippen LogP contribution < -0.4 is 25.2 Å². The molecule has 3 aliphatic rings. The average Bonchev–Trinajstić information content (AvgIpc) is 3.44. The molecule has 0 spiro atoms. The largest absolute Gasteiger partial charge is 0.495 e. The molecular weight excluding hydrogens is 564 g/mol. The number of carbonyl (C=O) groups is 3. The number of ether oxygens (including phenoxy) is 2. The highest BCUT2D eigenvalue weighted by Crippen LogP contribution is 2.40. The molecule has 5 rings (SSSR count). The fraction of sp³-hybridized carbons (Fsp3) is 0.552. The molecule has 0 radical (unpaired) electrons. The van der Waals surface area contributed by atoms with E-state index in [2.05, 4.69) is 20.6 Å². The van der Waals surface area contributed by atoms with Crippen LogP contribution in [0.1, 0.15) is 56.8 Å². The predicted molar refractivity (Wildman–Crippen MR) is 155 cm³/mol. The molecule has 1 aromatic carbocycles. The minimum Gasteiger partial charge on any atom is -0.495 e. The highest BCUT2D eigenvalue weighted by Gasteiger charge is 2.48. The van der Waals surface area contributed by atoms with E-state index in [1.165, 1.54) is 30.2 Å². The summed E-state index contributed by atoms with van der Waals surface area (Å²) >= 11 is 0. The maximum Gasteiger partial charge on any atom is 0.410 e. The van der Waals surface area contributed by atoms with Crippen molar-refractivity contribution in [1.29, 1.82) is 0 Å². The summed E-state index contributed by atoms with van der Waals surface area (Å²) in [6.45, 7) is 5.31. The highest BCUT2D eigenvalue weighted by atomic mass is 19.3. The lowest BCUT2D eigenvalue weighted by Crippen LogP contribution is -2.61. The molecule has 3 heterocycles. The van der Waals surface area contributed by atoms with E-state index in [-0.39, 0.29) is 35.4 Å². The number of rotatable bonds is 6. The molecule has 1 aromatic heterocycles. The number of aromatic nitrogens is 2. The number of nitrogens with one attached hydrogen (secondary N) is 2. The van der Waals surface area contributed by atoms with Crippen molar-refractivity contribution in [2.75, 3.05) is 48.9 Å². The molecule has 2 aliphatic heterocycles. The van der Waals surface area contributed by atoms with Gasteiger partial charge in [0.1, 0.15) is 17.0 Å². The van der Waals surface area contributed by atoms with Gasteiger partial charge in [0.2, 0.25) is 5.95 Å². The minimum absolute atomic E-state index is 0.125. The van der Waals surface area contributed by atoms with Crippen LogP contribution in [0.15, 0.2) is 24.4 Å². The summed E-state index contributed by atoms with van der Waals surface area (Å²) < 4.78 is 40.6. The third-order valence-corrected chi connectivity index (χ3v) is 7.71. The molecule has 232 valence electrons. The zero-order valence-corrected chi connectivity index (χ0v) is 24.9. The van der Waals surface area contributed by atoms with Gasteiger partial charge in [0, 0.05) is 31.7 Å². The van der Waals surface area contributed by atoms with Gasteiger partial charge in [-0.05, 0) is 51.8 Å². The number of carbonyl (C=O) groups excluding carboxylic acids is 3. The first-order chi connectivity index (χ1) is 20.3. The van der Waals surface area contributed by atoms with Gasteiger partial charge in [-0.1, -0.05) is 12.8 Å². The van der Waals surface area contributed by atoms with Crippen LogP contribution in [-0.2, 0) is 9.53 Å². The first kappa shape index (κ1) is 30.2. The predicted octanol–water partition coefficient (Wildman–Crippen LogP) is 3.94. The van der Waals surface area contributed by atoms with E-state index >= 15 is 0 Å². The molecular formula is C29H37F2N7O5. The number of alkyl halides is 2. The van der Waals surface area contributed by atoms with Gasteiger partial charge in [-0.15, -0.1) is 0 Å². The number of amides is 3. The number of fused-ring (bicyclic) bond motifs is 1. The van der Waals surface area contributed by atoms with E-state index in [1.807, 2.05) is 0 Å². The zero-order valence-electron chi connectivity index (χ0n) is 24.9. The second kappa shape index (κ2) is 11.5. The Balaban J connectivity index is 1.30. The van der Waals surface area contributed by atoms with Crippen LogP contribution in [-0.4, -0.2) is 90.2 Å². The van der Waals surface area contributed by atoms with Crippen molar-refractivity contribution in [1.82, 2.24) is 20.2 Å². The number of benzene rings is 1. The normalized spacial score (nSPS) is 19.0. The summed E-state index contributed by atoms with van der Waals surface area (Å²) in [5, 5.41) is 5.96. The standard InChI is InChI=1S/C29H37F2N7O5/c1-28(2,3)43-27(41)37-14-18(15-37)33-24(39)17-10-11-20(22(12-17)42-5)34-26-32-13-21-23(35-26)38(19-8-6-7-9-19)16-29(30,31)25(40)36(21)4/h10-13,18-19H,6-9,14-16H2,1-5H3,(H,33,39)(H,32,34,35). The molecule has 1 aliphatic carbocycles. The second-order valence-electron chi connectivity index (χ2n) is 12.1. The Kier molecular flexibility index (Phi) is 8.05. The summed E-state index contributed by atoms with van der Waals surface area (Å²) in [6, 6.07) is 4.42. The Bertz CT molecular complexity index is 1400. The van der Waals surface area contributed by atoms with Crippen LogP contribution in [0.3, 0.4) is 0 Å². The van der Waals surface area contributed by atoms with Gasteiger partial charge in [-0.25, -0.2) is 9.78 Å². The minimum atomic E-state index is -3.57. The maximum absolute atomic E-state index is 14.9.